The molecule has 39 heavy (non-hydrogen) atoms. The number of hydrogen-bond donors (Lipinski definition) is 2. The van der Waals surface area contributed by atoms with E-state index in [9.17, 15) is 0 Å². The Morgan fingerprint density at radius 1 is 0.897 bits per heavy atom. The van der Waals surface area contributed by atoms with Crippen LogP contribution in [-0.4, -0.2) is 85.7 Å². The molecule has 0 bridgehead atoms. The van der Waals surface area contributed by atoms with Crippen molar-refractivity contribution in [2.75, 3.05) is 76.4 Å². The zero-order chi connectivity index (χ0) is 27.0. The number of piperazine rings is 1. The summed E-state index contributed by atoms with van der Waals surface area (Å²) >= 11 is 5.99. The van der Waals surface area contributed by atoms with Crippen LogP contribution in [0, 0.1) is 0 Å². The molecule has 0 amide bonds. The van der Waals surface area contributed by atoms with E-state index < -0.39 is 0 Å². The number of aryl methyl sites for hydroxylation is 1. The van der Waals surface area contributed by atoms with Crippen LogP contribution in [0.4, 0.5) is 11.8 Å². The molecule has 5 rings (SSSR count). The highest BCUT2D eigenvalue weighted by Crippen LogP contribution is 2.38. The van der Waals surface area contributed by atoms with Crippen molar-refractivity contribution in [3.8, 4) is 17.0 Å². The lowest BCUT2D eigenvalue weighted by Gasteiger charge is -2.37. The highest BCUT2D eigenvalue weighted by molar-refractivity contribution is 6.30. The van der Waals surface area contributed by atoms with E-state index >= 15 is 0 Å². The molecule has 0 atom stereocenters. The smallest absolute Gasteiger partial charge is 0.222 e. The third-order valence-corrected chi connectivity index (χ3v) is 7.38. The Balaban J connectivity index is 1.19. The molecule has 1 aliphatic carbocycles. The Morgan fingerprint density at radius 3 is 2.44 bits per heavy atom. The van der Waals surface area contributed by atoms with Crippen LogP contribution in [0.3, 0.4) is 0 Å². The summed E-state index contributed by atoms with van der Waals surface area (Å²) in [6, 6.07) is 13.9. The van der Waals surface area contributed by atoms with E-state index in [0.717, 1.165) is 79.0 Å². The van der Waals surface area contributed by atoms with E-state index in [1.165, 1.54) is 11.1 Å². The third kappa shape index (κ3) is 7.17. The summed E-state index contributed by atoms with van der Waals surface area (Å²) in [7, 11) is 0. The summed E-state index contributed by atoms with van der Waals surface area (Å²) in [5, 5.41) is 9.45. The number of aliphatic hydroxyl groups is 1. The monoisotopic (exact) mass is 553 g/mol. The molecule has 0 radical (unpaired) electrons. The van der Waals surface area contributed by atoms with E-state index in [2.05, 4.69) is 31.9 Å². The standard InChI is InChI=1S/C29H36ClN5O4/c30-23-4-1-21(2-5-23)20-39-24-6-8-25-22(19-24)3-7-26-27(25)32-29(31)33-28(26)35-11-9-34(10-12-35)13-15-37-17-18-38-16-14-36/h1-2,4-6,8,19,36H,3,7,9-18,20H2,(H2,31,32,33). The first-order chi connectivity index (χ1) is 19.1. The molecular weight excluding hydrogens is 518 g/mol. The van der Waals surface area contributed by atoms with Gasteiger partial charge in [0.25, 0.3) is 0 Å². The molecule has 1 aromatic heterocycles. The molecule has 1 fully saturated rings. The van der Waals surface area contributed by atoms with Gasteiger partial charge in [0.15, 0.2) is 0 Å². The van der Waals surface area contributed by atoms with Crippen LogP contribution in [0.25, 0.3) is 11.3 Å². The van der Waals surface area contributed by atoms with Gasteiger partial charge in [0.05, 0.1) is 38.7 Å². The maximum absolute atomic E-state index is 8.74. The number of aliphatic hydroxyl groups excluding tert-OH is 1. The lowest BCUT2D eigenvalue weighted by Crippen LogP contribution is -2.48. The molecule has 1 aliphatic heterocycles. The van der Waals surface area contributed by atoms with Gasteiger partial charge in [-0.25, -0.2) is 4.98 Å². The van der Waals surface area contributed by atoms with Crippen molar-refractivity contribution >= 4 is 23.4 Å². The van der Waals surface area contributed by atoms with Crippen molar-refractivity contribution in [2.45, 2.75) is 19.4 Å². The fraction of sp³-hybridized carbons (Fsp3) is 0.448. The van der Waals surface area contributed by atoms with Gasteiger partial charge in [-0.1, -0.05) is 23.7 Å². The first kappa shape index (κ1) is 27.6. The molecule has 2 heterocycles. The van der Waals surface area contributed by atoms with Gasteiger partial charge in [0.2, 0.25) is 5.95 Å². The van der Waals surface area contributed by atoms with Crippen LogP contribution in [0.2, 0.25) is 5.02 Å². The van der Waals surface area contributed by atoms with Crippen molar-refractivity contribution < 1.29 is 19.3 Å². The Hall–Kier alpha value is -2.95. The lowest BCUT2D eigenvalue weighted by atomic mass is 9.88. The molecule has 10 heteroatoms. The minimum absolute atomic E-state index is 0.0414. The molecule has 0 spiro atoms. The van der Waals surface area contributed by atoms with Crippen molar-refractivity contribution in [3.05, 3.63) is 64.2 Å². The van der Waals surface area contributed by atoms with E-state index in [-0.39, 0.29) is 6.61 Å². The average molecular weight is 554 g/mol. The number of nitrogen functional groups attached to an aromatic ring is 1. The maximum Gasteiger partial charge on any atom is 0.222 e. The van der Waals surface area contributed by atoms with Crippen LogP contribution >= 0.6 is 11.6 Å². The Morgan fingerprint density at radius 2 is 1.67 bits per heavy atom. The van der Waals surface area contributed by atoms with Gasteiger partial charge in [0, 0.05) is 48.9 Å². The van der Waals surface area contributed by atoms with Gasteiger partial charge in [-0.05, 0) is 54.3 Å². The van der Waals surface area contributed by atoms with Crippen molar-refractivity contribution in [1.29, 1.82) is 0 Å². The summed E-state index contributed by atoms with van der Waals surface area (Å²) in [6.45, 7) is 7.13. The van der Waals surface area contributed by atoms with Crippen LogP contribution in [0.1, 0.15) is 16.7 Å². The van der Waals surface area contributed by atoms with Gasteiger partial charge in [0.1, 0.15) is 18.2 Å². The van der Waals surface area contributed by atoms with Gasteiger partial charge in [-0.3, -0.25) is 4.90 Å². The number of rotatable bonds is 12. The zero-order valence-electron chi connectivity index (χ0n) is 22.1. The Bertz CT molecular complexity index is 1240. The minimum atomic E-state index is 0.0414. The predicted molar refractivity (Wildman–Crippen MR) is 152 cm³/mol. The second kappa shape index (κ2) is 13.4. The first-order valence-corrected chi connectivity index (χ1v) is 13.9. The largest absolute Gasteiger partial charge is 0.489 e. The maximum atomic E-state index is 8.74. The van der Waals surface area contributed by atoms with Gasteiger partial charge < -0.3 is 30.0 Å². The highest BCUT2D eigenvalue weighted by Gasteiger charge is 2.27. The molecule has 0 unspecified atom stereocenters. The summed E-state index contributed by atoms with van der Waals surface area (Å²) < 4.78 is 16.9. The second-order valence-electron chi connectivity index (χ2n) is 9.74. The molecular formula is C29H36ClN5O4. The number of fused-ring (bicyclic) bond motifs is 3. The van der Waals surface area contributed by atoms with Gasteiger partial charge in [-0.15, -0.1) is 0 Å². The first-order valence-electron chi connectivity index (χ1n) is 13.5. The summed E-state index contributed by atoms with van der Waals surface area (Å²) in [4.78, 5) is 14.1. The number of benzene rings is 2. The van der Waals surface area contributed by atoms with Crippen molar-refractivity contribution in [3.63, 3.8) is 0 Å². The number of halogens is 1. The zero-order valence-corrected chi connectivity index (χ0v) is 22.9. The quantitative estimate of drug-likeness (QED) is 0.327. The van der Waals surface area contributed by atoms with Crippen LogP contribution < -0.4 is 15.4 Å². The lowest BCUT2D eigenvalue weighted by molar-refractivity contribution is 0.0261. The van der Waals surface area contributed by atoms with Crippen molar-refractivity contribution in [2.24, 2.45) is 0 Å². The number of nitrogens with zero attached hydrogens (tertiary/aromatic N) is 4. The topological polar surface area (TPSA) is 106 Å². The molecule has 1 saturated heterocycles. The third-order valence-electron chi connectivity index (χ3n) is 7.13. The molecule has 208 valence electrons. The van der Waals surface area contributed by atoms with Gasteiger partial charge in [-0.2, -0.15) is 4.98 Å². The van der Waals surface area contributed by atoms with E-state index in [1.54, 1.807) is 0 Å². The van der Waals surface area contributed by atoms with Crippen LogP contribution in [0.5, 0.6) is 5.75 Å². The number of nitrogens with two attached hydrogens (primary N) is 1. The molecule has 2 aliphatic rings. The second-order valence-corrected chi connectivity index (χ2v) is 10.2. The number of anilines is 2. The van der Waals surface area contributed by atoms with E-state index in [1.807, 2.05) is 30.3 Å². The summed E-state index contributed by atoms with van der Waals surface area (Å²) in [5.74, 6) is 2.11. The normalized spacial score (nSPS) is 15.2. The number of aromatic nitrogens is 2. The Kier molecular flexibility index (Phi) is 9.49. The molecule has 3 N–H and O–H groups in total. The molecule has 3 aromatic rings. The van der Waals surface area contributed by atoms with E-state index in [4.69, 9.17) is 36.7 Å². The van der Waals surface area contributed by atoms with Crippen LogP contribution in [0.15, 0.2) is 42.5 Å². The molecule has 9 nitrogen and oxygen atoms in total. The fourth-order valence-corrected chi connectivity index (χ4v) is 5.20. The van der Waals surface area contributed by atoms with Crippen molar-refractivity contribution in [1.82, 2.24) is 14.9 Å². The summed E-state index contributed by atoms with van der Waals surface area (Å²) in [5.41, 5.74) is 11.7. The SMILES string of the molecule is Nc1nc2c(c(N3CCN(CCOCCOCCO)CC3)n1)CCc1cc(OCc3ccc(Cl)cc3)ccc1-2. The predicted octanol–water partition coefficient (Wildman–Crippen LogP) is 3.20. The van der Waals surface area contributed by atoms with Gasteiger partial charge >= 0.3 is 0 Å². The van der Waals surface area contributed by atoms with Crippen LogP contribution in [-0.2, 0) is 28.9 Å². The Labute approximate surface area is 234 Å². The fourth-order valence-electron chi connectivity index (χ4n) is 5.07. The average Bonchev–Trinajstić information content (AvgIpc) is 2.96. The minimum Gasteiger partial charge on any atom is -0.489 e. The molecule has 0 saturated carbocycles. The highest BCUT2D eigenvalue weighted by atomic mass is 35.5. The number of hydrogen-bond acceptors (Lipinski definition) is 9. The summed E-state index contributed by atoms with van der Waals surface area (Å²) in [6.07, 6.45) is 1.77. The van der Waals surface area contributed by atoms with E-state index in [0.29, 0.717) is 39.0 Å². The molecule has 2 aromatic carbocycles. The number of ether oxygens (including phenoxy) is 3.